The van der Waals surface area contributed by atoms with Crippen molar-refractivity contribution in [2.45, 2.75) is 20.5 Å². The van der Waals surface area contributed by atoms with E-state index in [1.54, 1.807) is 10.7 Å². The Bertz CT molecular complexity index is 1130. The molecule has 1 aromatic carbocycles. The summed E-state index contributed by atoms with van der Waals surface area (Å²) in [7, 11) is 1.83. The first kappa shape index (κ1) is 17.4. The quantitative estimate of drug-likeness (QED) is 0.501. The van der Waals surface area contributed by atoms with E-state index in [9.17, 15) is 4.79 Å². The number of carbonyl (C=O) groups excluding carboxylic acids is 1. The van der Waals surface area contributed by atoms with Crippen LogP contribution in [0.25, 0.3) is 21.6 Å². The van der Waals surface area contributed by atoms with Gasteiger partial charge in [0.25, 0.3) is 0 Å². The highest BCUT2D eigenvalue weighted by atomic mass is 32.1. The molecular weight excluding hydrogens is 360 g/mol. The summed E-state index contributed by atoms with van der Waals surface area (Å²) in [4.78, 5) is 21.3. The Labute approximate surface area is 160 Å². The molecule has 7 heteroatoms. The summed E-state index contributed by atoms with van der Waals surface area (Å²) < 4.78 is 7.11. The molecule has 4 rings (SSSR count). The number of carbonyl (C=O) groups is 1. The number of esters is 1. The van der Waals surface area contributed by atoms with Crippen LogP contribution in [-0.4, -0.2) is 25.7 Å². The Hall–Kier alpha value is -3.06. The summed E-state index contributed by atoms with van der Waals surface area (Å²) in [6.07, 6.45) is 1.52. The molecule has 27 heavy (non-hydrogen) atoms. The van der Waals surface area contributed by atoms with Crippen molar-refractivity contribution in [3.8, 4) is 10.6 Å². The number of pyridine rings is 1. The second-order valence-corrected chi connectivity index (χ2v) is 7.25. The van der Waals surface area contributed by atoms with Gasteiger partial charge < -0.3 is 4.74 Å². The average Bonchev–Trinajstić information content (AvgIpc) is 3.25. The smallest absolute Gasteiger partial charge is 0.340 e. The Morgan fingerprint density at radius 2 is 2.00 bits per heavy atom. The molecule has 0 fully saturated rings. The van der Waals surface area contributed by atoms with Gasteiger partial charge in [0.15, 0.2) is 5.65 Å². The van der Waals surface area contributed by atoms with Gasteiger partial charge in [0.05, 0.1) is 17.0 Å². The van der Waals surface area contributed by atoms with Crippen molar-refractivity contribution in [2.75, 3.05) is 0 Å². The molecule has 3 aromatic heterocycles. The number of rotatable bonds is 4. The third kappa shape index (κ3) is 3.46. The van der Waals surface area contributed by atoms with Crippen LogP contribution in [0.1, 0.15) is 27.3 Å². The number of aromatic nitrogens is 4. The summed E-state index contributed by atoms with van der Waals surface area (Å²) in [5, 5.41) is 7.99. The maximum absolute atomic E-state index is 12.4. The fourth-order valence-electron chi connectivity index (χ4n) is 2.84. The Morgan fingerprint density at radius 1 is 1.22 bits per heavy atom. The van der Waals surface area contributed by atoms with Crippen molar-refractivity contribution in [2.24, 2.45) is 7.05 Å². The van der Waals surface area contributed by atoms with Crippen molar-refractivity contribution in [3.05, 3.63) is 64.4 Å². The van der Waals surface area contributed by atoms with E-state index in [-0.39, 0.29) is 6.61 Å². The Balaban J connectivity index is 1.46. The number of nitrogens with zero attached hydrogens (tertiary/aromatic N) is 4. The Morgan fingerprint density at radius 3 is 2.78 bits per heavy atom. The van der Waals surface area contributed by atoms with Gasteiger partial charge in [0.1, 0.15) is 11.6 Å². The van der Waals surface area contributed by atoms with Gasteiger partial charge in [-0.05, 0) is 19.9 Å². The number of fused-ring (bicyclic) bond motifs is 1. The van der Waals surface area contributed by atoms with Crippen LogP contribution >= 0.6 is 11.3 Å². The van der Waals surface area contributed by atoms with Crippen LogP contribution in [-0.2, 0) is 18.4 Å². The standard InChI is InChI=1S/C20H18N4O2S/c1-12-4-6-14(7-5-12)19-22-16(11-27-19)10-26-20(25)15-8-17-13(2)23-24(3)18(17)21-9-15/h4-9,11H,10H2,1-3H3. The molecule has 0 spiro atoms. The highest BCUT2D eigenvalue weighted by molar-refractivity contribution is 7.13. The van der Waals surface area contributed by atoms with Gasteiger partial charge in [-0.15, -0.1) is 11.3 Å². The van der Waals surface area contributed by atoms with Gasteiger partial charge in [-0.1, -0.05) is 29.8 Å². The van der Waals surface area contributed by atoms with E-state index in [1.165, 1.54) is 23.1 Å². The summed E-state index contributed by atoms with van der Waals surface area (Å²) in [6.45, 7) is 4.07. The second kappa shape index (κ2) is 6.92. The van der Waals surface area contributed by atoms with Gasteiger partial charge in [-0.3, -0.25) is 4.68 Å². The molecule has 0 atom stereocenters. The highest BCUT2D eigenvalue weighted by Gasteiger charge is 2.14. The first-order chi connectivity index (χ1) is 13.0. The van der Waals surface area contributed by atoms with Crippen molar-refractivity contribution in [3.63, 3.8) is 0 Å². The lowest BCUT2D eigenvalue weighted by Gasteiger charge is -2.03. The topological polar surface area (TPSA) is 69.9 Å². The molecule has 0 aliphatic rings. The SMILES string of the molecule is Cc1ccc(-c2nc(COC(=O)c3cnc4c(c3)c(C)nn4C)cs2)cc1. The number of ether oxygens (including phenoxy) is 1. The minimum Gasteiger partial charge on any atom is -0.456 e. The van der Waals surface area contributed by atoms with Gasteiger partial charge >= 0.3 is 5.97 Å². The third-order valence-corrected chi connectivity index (χ3v) is 5.24. The molecule has 4 aromatic rings. The van der Waals surface area contributed by atoms with E-state index < -0.39 is 5.97 Å². The van der Waals surface area contributed by atoms with E-state index in [2.05, 4.69) is 34.1 Å². The van der Waals surface area contributed by atoms with Gasteiger partial charge in [0.2, 0.25) is 0 Å². The van der Waals surface area contributed by atoms with Crippen LogP contribution in [0.3, 0.4) is 0 Å². The fourth-order valence-corrected chi connectivity index (χ4v) is 3.65. The van der Waals surface area contributed by atoms with E-state index in [0.717, 1.165) is 33.0 Å². The number of benzene rings is 1. The summed E-state index contributed by atoms with van der Waals surface area (Å²) >= 11 is 1.54. The molecule has 6 nitrogen and oxygen atoms in total. The molecule has 0 amide bonds. The lowest BCUT2D eigenvalue weighted by atomic mass is 10.2. The minimum atomic E-state index is -0.419. The number of aryl methyl sites for hydroxylation is 3. The van der Waals surface area contributed by atoms with Gasteiger partial charge in [-0.25, -0.2) is 14.8 Å². The second-order valence-electron chi connectivity index (χ2n) is 6.39. The number of thiazole rings is 1. The molecule has 0 unspecified atom stereocenters. The molecule has 0 N–H and O–H groups in total. The lowest BCUT2D eigenvalue weighted by molar-refractivity contribution is 0.0468. The van der Waals surface area contributed by atoms with E-state index in [4.69, 9.17) is 4.74 Å². The zero-order valence-electron chi connectivity index (χ0n) is 15.3. The molecule has 3 heterocycles. The monoisotopic (exact) mass is 378 g/mol. The summed E-state index contributed by atoms with van der Waals surface area (Å²) in [5.41, 5.74) is 4.98. The van der Waals surface area contributed by atoms with Crippen LogP contribution in [0.4, 0.5) is 0 Å². The molecule has 0 aliphatic heterocycles. The van der Waals surface area contributed by atoms with Crippen LogP contribution in [0.2, 0.25) is 0 Å². The van der Waals surface area contributed by atoms with Crippen LogP contribution < -0.4 is 0 Å². The molecular formula is C20H18N4O2S. The van der Waals surface area contributed by atoms with E-state index in [1.807, 2.05) is 31.5 Å². The third-order valence-electron chi connectivity index (χ3n) is 4.30. The fraction of sp³-hybridized carbons (Fsp3) is 0.200. The molecule has 0 saturated carbocycles. The summed E-state index contributed by atoms with van der Waals surface area (Å²) in [6, 6.07) is 9.97. The maximum atomic E-state index is 12.4. The zero-order chi connectivity index (χ0) is 19.0. The Kier molecular flexibility index (Phi) is 4.45. The molecule has 0 aliphatic carbocycles. The van der Waals surface area contributed by atoms with Gasteiger partial charge in [-0.2, -0.15) is 5.10 Å². The zero-order valence-corrected chi connectivity index (χ0v) is 16.1. The minimum absolute atomic E-state index is 0.130. The van der Waals surface area contributed by atoms with Crippen molar-refractivity contribution in [1.82, 2.24) is 19.7 Å². The first-order valence-electron chi connectivity index (χ1n) is 8.49. The lowest BCUT2D eigenvalue weighted by Crippen LogP contribution is -2.06. The predicted octanol–water partition coefficient (Wildman–Crippen LogP) is 4.07. The first-order valence-corrected chi connectivity index (χ1v) is 9.37. The highest BCUT2D eigenvalue weighted by Crippen LogP contribution is 2.24. The van der Waals surface area contributed by atoms with Crippen LogP contribution in [0, 0.1) is 13.8 Å². The molecule has 0 radical (unpaired) electrons. The maximum Gasteiger partial charge on any atom is 0.340 e. The number of hydrogen-bond acceptors (Lipinski definition) is 6. The van der Waals surface area contributed by atoms with Crippen molar-refractivity contribution >= 4 is 28.3 Å². The largest absolute Gasteiger partial charge is 0.456 e. The molecule has 0 saturated heterocycles. The molecule has 0 bridgehead atoms. The van der Waals surface area contributed by atoms with E-state index in [0.29, 0.717) is 5.56 Å². The summed E-state index contributed by atoms with van der Waals surface area (Å²) in [5.74, 6) is -0.419. The average molecular weight is 378 g/mol. The van der Waals surface area contributed by atoms with Gasteiger partial charge in [0, 0.05) is 29.6 Å². The van der Waals surface area contributed by atoms with Crippen molar-refractivity contribution in [1.29, 1.82) is 0 Å². The van der Waals surface area contributed by atoms with E-state index >= 15 is 0 Å². The van der Waals surface area contributed by atoms with Crippen LogP contribution in [0.15, 0.2) is 41.9 Å². The van der Waals surface area contributed by atoms with Crippen LogP contribution in [0.5, 0.6) is 0 Å². The molecule has 136 valence electrons. The predicted molar refractivity (Wildman–Crippen MR) is 105 cm³/mol. The van der Waals surface area contributed by atoms with Crippen molar-refractivity contribution < 1.29 is 9.53 Å². The number of hydrogen-bond donors (Lipinski definition) is 0. The normalized spacial score (nSPS) is 11.1.